The fraction of sp³-hybridized carbons (Fsp3) is 0.643. The van der Waals surface area contributed by atoms with Gasteiger partial charge >= 0.3 is 0 Å². The van der Waals surface area contributed by atoms with E-state index in [-0.39, 0.29) is 11.2 Å². The van der Waals surface area contributed by atoms with Crippen molar-refractivity contribution in [2.75, 3.05) is 12.8 Å². The summed E-state index contributed by atoms with van der Waals surface area (Å²) >= 11 is 5.46. The van der Waals surface area contributed by atoms with Crippen LogP contribution in [-0.4, -0.2) is 24.0 Å². The third-order valence-corrected chi connectivity index (χ3v) is 3.99. The molecule has 0 aliphatic carbocycles. The van der Waals surface area contributed by atoms with E-state index in [0.717, 1.165) is 10.5 Å². The van der Waals surface area contributed by atoms with Crippen molar-refractivity contribution in [3.05, 3.63) is 23.1 Å². The van der Waals surface area contributed by atoms with Gasteiger partial charge in [-0.1, -0.05) is 52.1 Å². The van der Waals surface area contributed by atoms with Gasteiger partial charge in [0.05, 0.1) is 6.04 Å². The standard InChI is InChI=1S/C14H25NOS2/c1-9(2)7-13(11(5)10(3)4)18-14(16)12(8-17)15-6/h7,9-10,12,15,17H,5,8H2,1-4,6H3/b13-7+/t12-/m0/s1. The van der Waals surface area contributed by atoms with Crippen molar-refractivity contribution < 1.29 is 4.79 Å². The molecule has 1 N–H and O–H groups in total. The number of likely N-dealkylation sites (N-methyl/N-ethyl adjacent to an activating group) is 1. The number of nitrogens with one attached hydrogen (secondary N) is 1. The Morgan fingerprint density at radius 1 is 1.39 bits per heavy atom. The third kappa shape index (κ3) is 6.12. The lowest BCUT2D eigenvalue weighted by Gasteiger charge is -2.17. The van der Waals surface area contributed by atoms with E-state index in [9.17, 15) is 4.79 Å². The smallest absolute Gasteiger partial charge is 0.211 e. The molecule has 1 atom stereocenters. The van der Waals surface area contributed by atoms with Crippen LogP contribution in [0.1, 0.15) is 27.7 Å². The first kappa shape index (κ1) is 17.8. The first-order valence-electron chi connectivity index (χ1n) is 6.24. The molecule has 0 unspecified atom stereocenters. The van der Waals surface area contributed by atoms with Gasteiger partial charge in [-0.05, 0) is 24.5 Å². The zero-order valence-corrected chi connectivity index (χ0v) is 13.7. The lowest BCUT2D eigenvalue weighted by atomic mass is 10.0. The largest absolute Gasteiger partial charge is 0.309 e. The van der Waals surface area contributed by atoms with Crippen LogP contribution in [0.4, 0.5) is 0 Å². The molecule has 0 amide bonds. The number of hydrogen-bond donors (Lipinski definition) is 2. The molecule has 0 aromatic heterocycles. The topological polar surface area (TPSA) is 29.1 Å². The Bertz CT molecular complexity index is 318. The SMILES string of the molecule is C=C(/C(=C\C(C)C)SC(=O)[C@H](CS)NC)C(C)C. The zero-order chi connectivity index (χ0) is 14.3. The van der Waals surface area contributed by atoms with Crippen molar-refractivity contribution in [1.29, 1.82) is 0 Å². The van der Waals surface area contributed by atoms with Crippen LogP contribution in [0.25, 0.3) is 0 Å². The zero-order valence-electron chi connectivity index (χ0n) is 12.0. The van der Waals surface area contributed by atoms with E-state index in [1.54, 1.807) is 7.05 Å². The molecule has 104 valence electrons. The number of allylic oxidation sites excluding steroid dienone is 2. The summed E-state index contributed by atoms with van der Waals surface area (Å²) in [6.07, 6.45) is 2.11. The Balaban J connectivity index is 4.92. The maximum atomic E-state index is 12.1. The van der Waals surface area contributed by atoms with Gasteiger partial charge in [0, 0.05) is 10.7 Å². The Morgan fingerprint density at radius 3 is 2.28 bits per heavy atom. The van der Waals surface area contributed by atoms with Crippen LogP contribution in [-0.2, 0) is 4.79 Å². The molecule has 0 aliphatic rings. The maximum absolute atomic E-state index is 12.1. The Hall–Kier alpha value is -0.190. The van der Waals surface area contributed by atoms with Crippen LogP contribution in [0.5, 0.6) is 0 Å². The number of thioether (sulfide) groups is 1. The van der Waals surface area contributed by atoms with Gasteiger partial charge in [0.2, 0.25) is 5.12 Å². The van der Waals surface area contributed by atoms with E-state index in [0.29, 0.717) is 17.6 Å². The van der Waals surface area contributed by atoms with Gasteiger partial charge in [-0.25, -0.2) is 0 Å². The molecule has 0 rings (SSSR count). The van der Waals surface area contributed by atoms with Crippen molar-refractivity contribution in [2.45, 2.75) is 33.7 Å². The minimum Gasteiger partial charge on any atom is -0.309 e. The van der Waals surface area contributed by atoms with Crippen LogP contribution >= 0.6 is 24.4 Å². The van der Waals surface area contributed by atoms with Gasteiger partial charge in [0.15, 0.2) is 0 Å². The maximum Gasteiger partial charge on any atom is 0.211 e. The number of hydrogen-bond acceptors (Lipinski definition) is 4. The highest BCUT2D eigenvalue weighted by Crippen LogP contribution is 2.30. The van der Waals surface area contributed by atoms with Crippen molar-refractivity contribution in [1.82, 2.24) is 5.32 Å². The Morgan fingerprint density at radius 2 is 1.94 bits per heavy atom. The Kier molecular flexibility index (Phi) is 8.74. The summed E-state index contributed by atoms with van der Waals surface area (Å²) in [6, 6.07) is -0.214. The lowest BCUT2D eigenvalue weighted by molar-refractivity contribution is -0.112. The third-order valence-electron chi connectivity index (χ3n) is 2.52. The van der Waals surface area contributed by atoms with Crippen molar-refractivity contribution >= 4 is 29.5 Å². The molecular weight excluding hydrogens is 262 g/mol. The molecule has 0 saturated carbocycles. The monoisotopic (exact) mass is 287 g/mol. The lowest BCUT2D eigenvalue weighted by Crippen LogP contribution is -2.34. The highest BCUT2D eigenvalue weighted by Gasteiger charge is 2.19. The summed E-state index contributed by atoms with van der Waals surface area (Å²) in [5, 5.41) is 3.07. The van der Waals surface area contributed by atoms with E-state index in [4.69, 9.17) is 0 Å². The molecule has 0 aliphatic heterocycles. The predicted molar refractivity (Wildman–Crippen MR) is 86.2 cm³/mol. The summed E-state index contributed by atoms with van der Waals surface area (Å²) in [6.45, 7) is 12.5. The molecule has 0 saturated heterocycles. The van der Waals surface area contributed by atoms with Crippen molar-refractivity contribution in [2.24, 2.45) is 11.8 Å². The second kappa shape index (κ2) is 8.83. The highest BCUT2D eigenvalue weighted by atomic mass is 32.2. The van der Waals surface area contributed by atoms with Crippen LogP contribution < -0.4 is 5.32 Å². The summed E-state index contributed by atoms with van der Waals surface area (Å²) in [4.78, 5) is 13.1. The average molecular weight is 287 g/mol. The Labute approximate surface area is 121 Å². The summed E-state index contributed by atoms with van der Waals surface area (Å²) in [7, 11) is 1.78. The van der Waals surface area contributed by atoms with Crippen LogP contribution in [0.2, 0.25) is 0 Å². The molecule has 0 aromatic rings. The molecule has 2 nitrogen and oxygen atoms in total. The number of rotatable bonds is 7. The fourth-order valence-corrected chi connectivity index (χ4v) is 3.00. The first-order valence-corrected chi connectivity index (χ1v) is 7.69. The minimum atomic E-state index is -0.214. The van der Waals surface area contributed by atoms with Gasteiger partial charge in [-0.3, -0.25) is 4.79 Å². The van der Waals surface area contributed by atoms with Crippen LogP contribution in [0, 0.1) is 11.8 Å². The van der Waals surface area contributed by atoms with Crippen molar-refractivity contribution in [3.63, 3.8) is 0 Å². The molecule has 0 heterocycles. The molecule has 0 radical (unpaired) electrons. The van der Waals surface area contributed by atoms with Gasteiger partial charge in [-0.15, -0.1) is 0 Å². The van der Waals surface area contributed by atoms with E-state index in [2.05, 4.69) is 58.3 Å². The number of carbonyl (C=O) groups excluding carboxylic acids is 1. The van der Waals surface area contributed by atoms with Gasteiger partial charge in [-0.2, -0.15) is 12.6 Å². The minimum absolute atomic E-state index is 0.0983. The van der Waals surface area contributed by atoms with Gasteiger partial charge in [0.25, 0.3) is 0 Å². The van der Waals surface area contributed by atoms with Crippen LogP contribution in [0.3, 0.4) is 0 Å². The quantitative estimate of drug-likeness (QED) is 0.554. The van der Waals surface area contributed by atoms with Crippen molar-refractivity contribution in [3.8, 4) is 0 Å². The second-order valence-electron chi connectivity index (χ2n) is 4.90. The summed E-state index contributed by atoms with van der Waals surface area (Å²) in [5.41, 5.74) is 1.02. The van der Waals surface area contributed by atoms with E-state index in [1.807, 2.05) is 0 Å². The van der Waals surface area contributed by atoms with Crippen LogP contribution in [0.15, 0.2) is 23.1 Å². The molecular formula is C14H25NOS2. The number of thiol groups is 1. The average Bonchev–Trinajstić information content (AvgIpc) is 2.28. The van der Waals surface area contributed by atoms with Gasteiger partial charge < -0.3 is 5.32 Å². The highest BCUT2D eigenvalue weighted by molar-refractivity contribution is 8.17. The van der Waals surface area contributed by atoms with E-state index >= 15 is 0 Å². The molecule has 4 heteroatoms. The predicted octanol–water partition coefficient (Wildman–Crippen LogP) is 3.52. The second-order valence-corrected chi connectivity index (χ2v) is 6.31. The normalized spacial score (nSPS) is 14.1. The van der Waals surface area contributed by atoms with Gasteiger partial charge in [0.1, 0.15) is 0 Å². The molecule has 18 heavy (non-hydrogen) atoms. The molecule has 0 aromatic carbocycles. The molecule has 0 bridgehead atoms. The summed E-state index contributed by atoms with van der Waals surface area (Å²) < 4.78 is 0. The van der Waals surface area contributed by atoms with E-state index in [1.165, 1.54) is 11.8 Å². The molecule has 0 spiro atoms. The number of carbonyl (C=O) groups is 1. The van der Waals surface area contributed by atoms with E-state index < -0.39 is 0 Å². The molecule has 0 fully saturated rings. The first-order chi connectivity index (χ1) is 8.33. The fourth-order valence-electron chi connectivity index (χ4n) is 1.26. The summed E-state index contributed by atoms with van der Waals surface area (Å²) in [5.74, 6) is 1.25.